The lowest BCUT2D eigenvalue weighted by Crippen LogP contribution is -2.21. The number of aliphatic hydroxyl groups is 2. The zero-order valence-corrected chi connectivity index (χ0v) is 7.96. The molecule has 0 fully saturated rings. The molecule has 0 saturated carbocycles. The Morgan fingerprint density at radius 1 is 1.40 bits per heavy atom. The number of aromatic carboxylic acids is 1. The first-order chi connectivity index (χ1) is 7.15. The normalized spacial score (nSPS) is 12.1. The van der Waals surface area contributed by atoms with Crippen LogP contribution in [0.1, 0.15) is 10.4 Å². The SMILES string of the molecule is O=C(O)c1ccccc1OCC(O)CO. The van der Waals surface area contributed by atoms with Crippen molar-refractivity contribution in [1.29, 1.82) is 0 Å². The van der Waals surface area contributed by atoms with E-state index in [0.29, 0.717) is 0 Å². The van der Waals surface area contributed by atoms with Gasteiger partial charge in [0.05, 0.1) is 6.61 Å². The highest BCUT2D eigenvalue weighted by Crippen LogP contribution is 2.17. The van der Waals surface area contributed by atoms with Crippen LogP contribution in [0.3, 0.4) is 0 Å². The quantitative estimate of drug-likeness (QED) is 0.645. The number of rotatable bonds is 5. The molecule has 0 heterocycles. The number of para-hydroxylation sites is 1. The largest absolute Gasteiger partial charge is 0.490 e. The monoisotopic (exact) mass is 212 g/mol. The summed E-state index contributed by atoms with van der Waals surface area (Å²) in [6, 6.07) is 6.11. The molecule has 0 bridgehead atoms. The summed E-state index contributed by atoms with van der Waals surface area (Å²) in [5, 5.41) is 26.4. The smallest absolute Gasteiger partial charge is 0.339 e. The summed E-state index contributed by atoms with van der Waals surface area (Å²) in [4.78, 5) is 10.7. The van der Waals surface area contributed by atoms with Gasteiger partial charge in [0, 0.05) is 0 Å². The maximum absolute atomic E-state index is 10.7. The molecule has 0 aromatic heterocycles. The van der Waals surface area contributed by atoms with Gasteiger partial charge in [0.2, 0.25) is 0 Å². The van der Waals surface area contributed by atoms with Gasteiger partial charge in [-0.1, -0.05) is 12.1 Å². The first-order valence-corrected chi connectivity index (χ1v) is 4.39. The Bertz CT molecular complexity index is 336. The average Bonchev–Trinajstić information content (AvgIpc) is 2.26. The number of carboxylic acids is 1. The molecule has 0 aliphatic carbocycles. The van der Waals surface area contributed by atoms with Gasteiger partial charge in [-0.2, -0.15) is 0 Å². The summed E-state index contributed by atoms with van der Waals surface area (Å²) in [6.45, 7) is -0.559. The molecule has 0 saturated heterocycles. The Morgan fingerprint density at radius 2 is 2.07 bits per heavy atom. The van der Waals surface area contributed by atoms with Gasteiger partial charge in [0.25, 0.3) is 0 Å². The van der Waals surface area contributed by atoms with Crippen molar-refractivity contribution in [2.75, 3.05) is 13.2 Å². The standard InChI is InChI=1S/C10H12O5/c11-5-7(12)6-15-9-4-2-1-3-8(9)10(13)14/h1-4,7,11-12H,5-6H2,(H,13,14). The second kappa shape index (κ2) is 5.33. The van der Waals surface area contributed by atoms with Crippen molar-refractivity contribution in [3.8, 4) is 5.75 Å². The zero-order chi connectivity index (χ0) is 11.3. The van der Waals surface area contributed by atoms with Crippen molar-refractivity contribution in [2.24, 2.45) is 0 Å². The van der Waals surface area contributed by atoms with Crippen LogP contribution in [0.5, 0.6) is 5.75 Å². The fraction of sp³-hybridized carbons (Fsp3) is 0.300. The molecule has 15 heavy (non-hydrogen) atoms. The highest BCUT2D eigenvalue weighted by atomic mass is 16.5. The number of carbonyl (C=O) groups is 1. The van der Waals surface area contributed by atoms with Crippen molar-refractivity contribution in [3.05, 3.63) is 29.8 Å². The van der Waals surface area contributed by atoms with E-state index in [4.69, 9.17) is 20.1 Å². The minimum atomic E-state index is -1.09. The third-order valence-electron chi connectivity index (χ3n) is 1.76. The van der Waals surface area contributed by atoms with Crippen molar-refractivity contribution in [2.45, 2.75) is 6.10 Å². The van der Waals surface area contributed by atoms with Crippen LogP contribution in [0.2, 0.25) is 0 Å². The van der Waals surface area contributed by atoms with Gasteiger partial charge in [-0.3, -0.25) is 0 Å². The minimum absolute atomic E-state index is 0.0302. The van der Waals surface area contributed by atoms with E-state index in [1.54, 1.807) is 12.1 Å². The van der Waals surface area contributed by atoms with E-state index in [9.17, 15) is 4.79 Å². The van der Waals surface area contributed by atoms with Crippen LogP contribution in [0.4, 0.5) is 0 Å². The average molecular weight is 212 g/mol. The molecule has 5 nitrogen and oxygen atoms in total. The molecular weight excluding hydrogens is 200 g/mol. The van der Waals surface area contributed by atoms with Crippen LogP contribution in [-0.4, -0.2) is 40.6 Å². The van der Waals surface area contributed by atoms with Crippen LogP contribution in [0.15, 0.2) is 24.3 Å². The van der Waals surface area contributed by atoms with Gasteiger partial charge < -0.3 is 20.1 Å². The maximum Gasteiger partial charge on any atom is 0.339 e. The number of hydrogen-bond donors (Lipinski definition) is 3. The van der Waals surface area contributed by atoms with Gasteiger partial charge in [0.15, 0.2) is 0 Å². The Labute approximate surface area is 86.5 Å². The number of hydrogen-bond acceptors (Lipinski definition) is 4. The summed E-state index contributed by atoms with van der Waals surface area (Å²) < 4.78 is 5.06. The molecule has 1 aromatic rings. The summed E-state index contributed by atoms with van der Waals surface area (Å²) in [7, 11) is 0. The van der Waals surface area contributed by atoms with Gasteiger partial charge in [-0.25, -0.2) is 4.79 Å². The van der Waals surface area contributed by atoms with E-state index in [-0.39, 0.29) is 17.9 Å². The van der Waals surface area contributed by atoms with Crippen LogP contribution in [0.25, 0.3) is 0 Å². The molecule has 1 unspecified atom stereocenters. The number of carboxylic acid groups (broad SMARTS) is 1. The van der Waals surface area contributed by atoms with E-state index in [2.05, 4.69) is 0 Å². The van der Waals surface area contributed by atoms with Crippen molar-refractivity contribution in [3.63, 3.8) is 0 Å². The van der Waals surface area contributed by atoms with E-state index in [0.717, 1.165) is 0 Å². The summed E-state index contributed by atoms with van der Waals surface area (Å²) in [6.07, 6.45) is -1.01. The zero-order valence-electron chi connectivity index (χ0n) is 7.96. The molecular formula is C10H12O5. The first kappa shape index (κ1) is 11.5. The molecule has 82 valence electrons. The lowest BCUT2D eigenvalue weighted by Gasteiger charge is -2.11. The molecule has 3 N–H and O–H groups in total. The second-order valence-corrected chi connectivity index (χ2v) is 2.95. The lowest BCUT2D eigenvalue weighted by atomic mass is 10.2. The van der Waals surface area contributed by atoms with Crippen LogP contribution < -0.4 is 4.74 Å². The molecule has 0 spiro atoms. The van der Waals surface area contributed by atoms with Crippen molar-refractivity contribution in [1.82, 2.24) is 0 Å². The van der Waals surface area contributed by atoms with Crippen LogP contribution in [-0.2, 0) is 0 Å². The van der Waals surface area contributed by atoms with Crippen LogP contribution in [0, 0.1) is 0 Å². The number of ether oxygens (including phenoxy) is 1. The van der Waals surface area contributed by atoms with E-state index >= 15 is 0 Å². The molecule has 0 amide bonds. The lowest BCUT2D eigenvalue weighted by molar-refractivity contribution is 0.0519. The minimum Gasteiger partial charge on any atom is -0.490 e. The van der Waals surface area contributed by atoms with Crippen LogP contribution >= 0.6 is 0 Å². The molecule has 0 aliphatic rings. The first-order valence-electron chi connectivity index (χ1n) is 4.39. The summed E-state index contributed by atoms with van der Waals surface area (Å²) in [5.74, 6) is -0.915. The Kier molecular flexibility index (Phi) is 4.08. The molecule has 0 radical (unpaired) electrons. The molecule has 1 rings (SSSR count). The molecule has 1 aromatic carbocycles. The Balaban J connectivity index is 2.72. The fourth-order valence-electron chi connectivity index (χ4n) is 1.01. The molecule has 1 atom stereocenters. The predicted octanol–water partition coefficient (Wildman–Crippen LogP) is 0.117. The molecule has 0 aliphatic heterocycles. The fourth-order valence-corrected chi connectivity index (χ4v) is 1.01. The van der Waals surface area contributed by atoms with E-state index < -0.39 is 18.7 Å². The van der Waals surface area contributed by atoms with Gasteiger partial charge in [-0.15, -0.1) is 0 Å². The Hall–Kier alpha value is -1.59. The predicted molar refractivity (Wildman–Crippen MR) is 52.0 cm³/mol. The maximum atomic E-state index is 10.7. The van der Waals surface area contributed by atoms with E-state index in [1.807, 2.05) is 0 Å². The Morgan fingerprint density at radius 3 is 2.67 bits per heavy atom. The van der Waals surface area contributed by atoms with Gasteiger partial charge in [0.1, 0.15) is 24.0 Å². The third-order valence-corrected chi connectivity index (χ3v) is 1.76. The van der Waals surface area contributed by atoms with Crippen molar-refractivity contribution < 1.29 is 24.9 Å². The third kappa shape index (κ3) is 3.23. The summed E-state index contributed by atoms with van der Waals surface area (Å²) in [5.41, 5.74) is 0.0302. The number of benzene rings is 1. The number of aliphatic hydroxyl groups excluding tert-OH is 2. The highest BCUT2D eigenvalue weighted by molar-refractivity contribution is 5.90. The van der Waals surface area contributed by atoms with Gasteiger partial charge >= 0.3 is 5.97 Å². The molecule has 5 heteroatoms. The summed E-state index contributed by atoms with van der Waals surface area (Å²) >= 11 is 0. The topological polar surface area (TPSA) is 87.0 Å². The second-order valence-electron chi connectivity index (χ2n) is 2.95. The van der Waals surface area contributed by atoms with Crippen molar-refractivity contribution >= 4 is 5.97 Å². The van der Waals surface area contributed by atoms with Gasteiger partial charge in [-0.05, 0) is 12.1 Å². The highest BCUT2D eigenvalue weighted by Gasteiger charge is 2.11. The van der Waals surface area contributed by atoms with E-state index in [1.165, 1.54) is 12.1 Å².